The summed E-state index contributed by atoms with van der Waals surface area (Å²) in [4.78, 5) is 26.8. The number of fused-ring (bicyclic) bond motifs is 1. The number of carbonyl (C=O) groups is 1. The predicted octanol–water partition coefficient (Wildman–Crippen LogP) is 2.99. The number of carbonyl (C=O) groups excluding carboxylic acids is 1. The second-order valence-corrected chi connectivity index (χ2v) is 5.87. The minimum Gasteiger partial charge on any atom is -0.356 e. The Morgan fingerprint density at radius 2 is 2.00 bits per heavy atom. The highest BCUT2D eigenvalue weighted by Gasteiger charge is 2.08. The second-order valence-electron chi connectivity index (χ2n) is 5.87. The minimum absolute atomic E-state index is 0.00794. The summed E-state index contributed by atoms with van der Waals surface area (Å²) in [7, 11) is 0. The van der Waals surface area contributed by atoms with Crippen LogP contribution in [0.5, 0.6) is 0 Å². The van der Waals surface area contributed by atoms with Gasteiger partial charge in [0.15, 0.2) is 0 Å². The van der Waals surface area contributed by atoms with Gasteiger partial charge in [-0.25, -0.2) is 0 Å². The van der Waals surface area contributed by atoms with Crippen molar-refractivity contribution in [3.63, 3.8) is 0 Å². The van der Waals surface area contributed by atoms with Crippen LogP contribution >= 0.6 is 0 Å². The molecule has 0 unspecified atom stereocenters. The molecule has 0 aliphatic rings. The molecule has 0 saturated heterocycles. The number of nitrogens with one attached hydrogen (secondary N) is 2. The summed E-state index contributed by atoms with van der Waals surface area (Å²) in [6.45, 7) is 6.85. The molecule has 1 heterocycles. The van der Waals surface area contributed by atoms with Crippen molar-refractivity contribution >= 4 is 16.8 Å². The number of amides is 1. The standard InChI is InChI=1S/C18H24N2O2/c1-4-5-8-19-17(21)7-6-14-11-15-13(3)9-12(2)10-16(15)20-18(14)22/h9-11H,4-8H2,1-3H3,(H,19,21)(H,20,22). The molecule has 0 bridgehead atoms. The second kappa shape index (κ2) is 7.25. The van der Waals surface area contributed by atoms with E-state index in [9.17, 15) is 9.59 Å². The van der Waals surface area contributed by atoms with Crippen LogP contribution in [0.4, 0.5) is 0 Å². The number of rotatable bonds is 6. The van der Waals surface area contributed by atoms with Gasteiger partial charge in [0, 0.05) is 29.4 Å². The molecule has 2 rings (SSSR count). The van der Waals surface area contributed by atoms with Gasteiger partial charge in [-0.05, 0) is 49.9 Å². The molecule has 0 aliphatic heterocycles. The van der Waals surface area contributed by atoms with Gasteiger partial charge in [-0.3, -0.25) is 9.59 Å². The number of aromatic nitrogens is 1. The lowest BCUT2D eigenvalue weighted by atomic mass is 10.0. The van der Waals surface area contributed by atoms with Gasteiger partial charge < -0.3 is 10.3 Å². The van der Waals surface area contributed by atoms with Gasteiger partial charge >= 0.3 is 0 Å². The van der Waals surface area contributed by atoms with Crippen molar-refractivity contribution < 1.29 is 4.79 Å². The monoisotopic (exact) mass is 300 g/mol. The smallest absolute Gasteiger partial charge is 0.251 e. The topological polar surface area (TPSA) is 62.0 Å². The Morgan fingerprint density at radius 3 is 2.73 bits per heavy atom. The fourth-order valence-electron chi connectivity index (χ4n) is 2.64. The van der Waals surface area contributed by atoms with Crippen molar-refractivity contribution in [3.8, 4) is 0 Å². The average molecular weight is 300 g/mol. The zero-order valence-electron chi connectivity index (χ0n) is 13.6. The molecule has 4 heteroatoms. The molecular formula is C18H24N2O2. The third kappa shape index (κ3) is 3.97. The van der Waals surface area contributed by atoms with Crippen molar-refractivity contribution in [1.29, 1.82) is 0 Å². The van der Waals surface area contributed by atoms with Crippen LogP contribution in [0.1, 0.15) is 42.9 Å². The van der Waals surface area contributed by atoms with Crippen LogP contribution in [-0.2, 0) is 11.2 Å². The molecule has 1 amide bonds. The van der Waals surface area contributed by atoms with Crippen LogP contribution in [0, 0.1) is 13.8 Å². The molecule has 0 fully saturated rings. The zero-order valence-corrected chi connectivity index (χ0v) is 13.6. The largest absolute Gasteiger partial charge is 0.356 e. The summed E-state index contributed by atoms with van der Waals surface area (Å²) in [5.74, 6) is 0.00794. The maximum absolute atomic E-state index is 12.1. The number of H-pyrrole nitrogens is 1. The molecule has 0 saturated carbocycles. The molecule has 0 aliphatic carbocycles. The third-order valence-electron chi connectivity index (χ3n) is 3.86. The highest BCUT2D eigenvalue weighted by molar-refractivity contribution is 5.83. The molecule has 22 heavy (non-hydrogen) atoms. The molecule has 2 aromatic rings. The van der Waals surface area contributed by atoms with E-state index in [1.807, 2.05) is 26.0 Å². The Morgan fingerprint density at radius 1 is 1.23 bits per heavy atom. The summed E-state index contributed by atoms with van der Waals surface area (Å²) in [6.07, 6.45) is 2.86. The van der Waals surface area contributed by atoms with Gasteiger partial charge in [-0.1, -0.05) is 19.4 Å². The fourth-order valence-corrected chi connectivity index (χ4v) is 2.64. The fraction of sp³-hybridized carbons (Fsp3) is 0.444. The SMILES string of the molecule is CCCCNC(=O)CCc1cc2c(C)cc(C)cc2[nH]c1=O. The first kappa shape index (κ1) is 16.3. The molecule has 0 radical (unpaired) electrons. The van der Waals surface area contributed by atoms with E-state index in [1.54, 1.807) is 0 Å². The number of aryl methyl sites for hydroxylation is 3. The maximum Gasteiger partial charge on any atom is 0.251 e. The summed E-state index contributed by atoms with van der Waals surface area (Å²) in [5, 5.41) is 3.93. The number of hydrogen-bond acceptors (Lipinski definition) is 2. The van der Waals surface area contributed by atoms with Gasteiger partial charge in [0.25, 0.3) is 5.56 Å². The highest BCUT2D eigenvalue weighted by Crippen LogP contribution is 2.18. The van der Waals surface area contributed by atoms with E-state index in [2.05, 4.69) is 23.3 Å². The molecule has 0 spiro atoms. The lowest BCUT2D eigenvalue weighted by molar-refractivity contribution is -0.121. The Bertz CT molecular complexity index is 732. The number of benzene rings is 1. The van der Waals surface area contributed by atoms with E-state index in [4.69, 9.17) is 0 Å². The third-order valence-corrected chi connectivity index (χ3v) is 3.86. The Labute approximate surface area is 130 Å². The van der Waals surface area contributed by atoms with E-state index in [1.165, 1.54) is 0 Å². The van der Waals surface area contributed by atoms with Crippen LogP contribution in [0.15, 0.2) is 23.0 Å². The summed E-state index contributed by atoms with van der Waals surface area (Å²) < 4.78 is 0. The zero-order chi connectivity index (χ0) is 16.1. The van der Waals surface area contributed by atoms with Crippen molar-refractivity contribution in [1.82, 2.24) is 10.3 Å². The van der Waals surface area contributed by atoms with Gasteiger partial charge in [0.05, 0.1) is 0 Å². The van der Waals surface area contributed by atoms with E-state index in [-0.39, 0.29) is 11.5 Å². The van der Waals surface area contributed by atoms with Crippen LogP contribution in [0.25, 0.3) is 10.9 Å². The highest BCUT2D eigenvalue weighted by atomic mass is 16.1. The van der Waals surface area contributed by atoms with Gasteiger partial charge in [-0.2, -0.15) is 0 Å². The van der Waals surface area contributed by atoms with Gasteiger partial charge in [-0.15, -0.1) is 0 Å². The number of aromatic amines is 1. The molecule has 1 aromatic carbocycles. The maximum atomic E-state index is 12.1. The van der Waals surface area contributed by atoms with E-state index in [0.29, 0.717) is 24.9 Å². The van der Waals surface area contributed by atoms with Crippen LogP contribution in [0.2, 0.25) is 0 Å². The van der Waals surface area contributed by atoms with Crippen LogP contribution in [0.3, 0.4) is 0 Å². The number of hydrogen-bond donors (Lipinski definition) is 2. The van der Waals surface area contributed by atoms with Crippen LogP contribution in [-0.4, -0.2) is 17.4 Å². The van der Waals surface area contributed by atoms with E-state index >= 15 is 0 Å². The summed E-state index contributed by atoms with van der Waals surface area (Å²) in [6, 6.07) is 6.00. The predicted molar refractivity (Wildman–Crippen MR) is 90.3 cm³/mol. The van der Waals surface area contributed by atoms with Crippen molar-refractivity contribution in [2.24, 2.45) is 0 Å². The van der Waals surface area contributed by atoms with Crippen LogP contribution < -0.4 is 10.9 Å². The Kier molecular flexibility index (Phi) is 5.36. The molecular weight excluding hydrogens is 276 g/mol. The van der Waals surface area contributed by atoms with Gasteiger partial charge in [0.2, 0.25) is 5.91 Å². The quantitative estimate of drug-likeness (QED) is 0.806. The molecule has 0 atom stereocenters. The molecule has 2 N–H and O–H groups in total. The van der Waals surface area contributed by atoms with E-state index in [0.717, 1.165) is 34.9 Å². The Hall–Kier alpha value is -2.10. The number of pyridine rings is 1. The first-order valence-electron chi connectivity index (χ1n) is 7.91. The number of unbranched alkanes of at least 4 members (excludes halogenated alkanes) is 1. The first-order chi connectivity index (χ1) is 10.5. The average Bonchev–Trinajstić information content (AvgIpc) is 2.45. The normalized spacial score (nSPS) is 10.9. The van der Waals surface area contributed by atoms with Crippen molar-refractivity contribution in [3.05, 3.63) is 45.2 Å². The minimum atomic E-state index is -0.0983. The molecule has 118 valence electrons. The lowest BCUT2D eigenvalue weighted by Crippen LogP contribution is -2.25. The summed E-state index contributed by atoms with van der Waals surface area (Å²) >= 11 is 0. The van der Waals surface area contributed by atoms with E-state index < -0.39 is 0 Å². The van der Waals surface area contributed by atoms with Crippen molar-refractivity contribution in [2.45, 2.75) is 46.5 Å². The van der Waals surface area contributed by atoms with Crippen molar-refractivity contribution in [2.75, 3.05) is 6.54 Å². The summed E-state index contributed by atoms with van der Waals surface area (Å²) in [5.41, 5.74) is 3.70. The Balaban J connectivity index is 2.13. The molecule has 4 nitrogen and oxygen atoms in total. The molecule has 1 aromatic heterocycles. The first-order valence-corrected chi connectivity index (χ1v) is 7.91. The lowest BCUT2D eigenvalue weighted by Gasteiger charge is -2.08. The van der Waals surface area contributed by atoms with Gasteiger partial charge in [0.1, 0.15) is 0 Å².